The lowest BCUT2D eigenvalue weighted by Gasteiger charge is -2.24. The Morgan fingerprint density at radius 3 is 2.52 bits per heavy atom. The summed E-state index contributed by atoms with van der Waals surface area (Å²) < 4.78 is 41.5. The van der Waals surface area contributed by atoms with Gasteiger partial charge >= 0.3 is 0 Å². The molecule has 1 fully saturated rings. The molecule has 7 heteroatoms. The monoisotopic (exact) mass is 362 g/mol. The van der Waals surface area contributed by atoms with Gasteiger partial charge in [-0.2, -0.15) is 0 Å². The van der Waals surface area contributed by atoms with Gasteiger partial charge in [0, 0.05) is 19.0 Å². The molecule has 25 heavy (non-hydrogen) atoms. The number of hydrogen-bond donors (Lipinski definition) is 1. The average Bonchev–Trinajstić information content (AvgIpc) is 3.34. The van der Waals surface area contributed by atoms with E-state index in [0.29, 0.717) is 5.69 Å². The second kappa shape index (κ2) is 6.48. The molecule has 0 bridgehead atoms. The number of sulfonamides is 1. The van der Waals surface area contributed by atoms with Crippen LogP contribution in [0.2, 0.25) is 0 Å². The Morgan fingerprint density at radius 1 is 1.20 bits per heavy atom. The van der Waals surface area contributed by atoms with E-state index in [4.69, 9.17) is 0 Å². The van der Waals surface area contributed by atoms with Crippen molar-refractivity contribution < 1.29 is 17.6 Å². The molecule has 0 atom stereocenters. The van der Waals surface area contributed by atoms with Crippen LogP contribution in [0.3, 0.4) is 0 Å². The first kappa shape index (κ1) is 17.4. The number of amides is 1. The van der Waals surface area contributed by atoms with Gasteiger partial charge in [0.05, 0.1) is 16.3 Å². The Balaban J connectivity index is 2.02. The van der Waals surface area contributed by atoms with Crippen LogP contribution in [0.25, 0.3) is 0 Å². The Hall–Kier alpha value is -2.41. The fourth-order valence-corrected chi connectivity index (χ4v) is 3.91. The highest BCUT2D eigenvalue weighted by molar-refractivity contribution is 7.92. The van der Waals surface area contributed by atoms with Crippen LogP contribution in [0.15, 0.2) is 47.4 Å². The third-order valence-electron chi connectivity index (χ3n) is 4.01. The number of halogens is 1. The molecule has 0 saturated heterocycles. The Kier molecular flexibility index (Phi) is 4.51. The molecule has 0 spiro atoms. The summed E-state index contributed by atoms with van der Waals surface area (Å²) in [6, 6.07) is 10.2. The van der Waals surface area contributed by atoms with Crippen LogP contribution in [0, 0.1) is 12.7 Å². The Labute approximate surface area is 146 Å². The van der Waals surface area contributed by atoms with Crippen molar-refractivity contribution in [2.24, 2.45) is 0 Å². The number of benzene rings is 2. The number of nitrogens with zero attached hydrogens (tertiary/aromatic N) is 1. The van der Waals surface area contributed by atoms with Crippen molar-refractivity contribution in [1.29, 1.82) is 0 Å². The predicted octanol–water partition coefficient (Wildman–Crippen LogP) is 3.45. The molecule has 1 aliphatic rings. The summed E-state index contributed by atoms with van der Waals surface area (Å²) in [5, 5.41) is 0. The predicted molar refractivity (Wildman–Crippen MR) is 94.6 cm³/mol. The van der Waals surface area contributed by atoms with E-state index in [9.17, 15) is 17.6 Å². The highest BCUT2D eigenvalue weighted by Crippen LogP contribution is 2.37. The maximum absolute atomic E-state index is 13.7. The first-order chi connectivity index (χ1) is 11.8. The van der Waals surface area contributed by atoms with E-state index in [1.165, 1.54) is 36.1 Å². The van der Waals surface area contributed by atoms with Gasteiger partial charge in [0.2, 0.25) is 5.91 Å². The van der Waals surface area contributed by atoms with Crippen LogP contribution in [0.1, 0.15) is 25.3 Å². The van der Waals surface area contributed by atoms with Crippen molar-refractivity contribution in [2.45, 2.75) is 37.6 Å². The zero-order valence-electron chi connectivity index (χ0n) is 14.0. The van der Waals surface area contributed by atoms with Gasteiger partial charge < -0.3 is 4.90 Å². The number of nitrogens with one attached hydrogen (secondary N) is 1. The standard InChI is InChI=1S/C18H19FN2O3S/c1-12-4-3-5-16(10-12)25(23,24)20-17-11-14(19)6-9-18(17)21(13(2)22)15-7-8-15/h3-6,9-11,15,20H,7-8H2,1-2H3. The van der Waals surface area contributed by atoms with Gasteiger partial charge in [0.1, 0.15) is 5.82 Å². The zero-order chi connectivity index (χ0) is 18.2. The van der Waals surface area contributed by atoms with Crippen molar-refractivity contribution in [3.63, 3.8) is 0 Å². The minimum Gasteiger partial charge on any atom is -0.308 e. The summed E-state index contributed by atoms with van der Waals surface area (Å²) in [4.78, 5) is 13.6. The van der Waals surface area contributed by atoms with Gasteiger partial charge in [0.15, 0.2) is 0 Å². The number of aryl methyl sites for hydroxylation is 1. The normalized spacial score (nSPS) is 14.2. The fraction of sp³-hybridized carbons (Fsp3) is 0.278. The lowest BCUT2D eigenvalue weighted by Crippen LogP contribution is -2.31. The number of carbonyl (C=O) groups excluding carboxylic acids is 1. The number of hydrogen-bond acceptors (Lipinski definition) is 3. The van der Waals surface area contributed by atoms with Crippen LogP contribution in [-0.4, -0.2) is 20.4 Å². The summed E-state index contributed by atoms with van der Waals surface area (Å²) in [6.07, 6.45) is 1.70. The van der Waals surface area contributed by atoms with Gasteiger partial charge in [-0.15, -0.1) is 0 Å². The molecule has 1 aliphatic carbocycles. The zero-order valence-corrected chi connectivity index (χ0v) is 14.8. The molecule has 2 aromatic rings. The van der Waals surface area contributed by atoms with Gasteiger partial charge in [0.25, 0.3) is 10.0 Å². The van der Waals surface area contributed by atoms with Crippen molar-refractivity contribution in [2.75, 3.05) is 9.62 Å². The minimum atomic E-state index is -3.89. The Morgan fingerprint density at radius 2 is 1.92 bits per heavy atom. The molecule has 132 valence electrons. The van der Waals surface area contributed by atoms with E-state index in [0.717, 1.165) is 24.5 Å². The fourth-order valence-electron chi connectivity index (χ4n) is 2.74. The summed E-state index contributed by atoms with van der Waals surface area (Å²) in [7, 11) is -3.89. The highest BCUT2D eigenvalue weighted by atomic mass is 32.2. The molecule has 0 aromatic heterocycles. The van der Waals surface area contributed by atoms with E-state index in [1.807, 2.05) is 0 Å². The maximum Gasteiger partial charge on any atom is 0.261 e. The van der Waals surface area contributed by atoms with Gasteiger partial charge in [-0.1, -0.05) is 12.1 Å². The van der Waals surface area contributed by atoms with Crippen LogP contribution >= 0.6 is 0 Å². The molecule has 5 nitrogen and oxygen atoms in total. The van der Waals surface area contributed by atoms with E-state index in [2.05, 4.69) is 4.72 Å². The smallest absolute Gasteiger partial charge is 0.261 e. The molecule has 0 heterocycles. The summed E-state index contributed by atoms with van der Waals surface area (Å²) >= 11 is 0. The molecule has 0 unspecified atom stereocenters. The minimum absolute atomic E-state index is 0.0326. The van der Waals surface area contributed by atoms with E-state index in [1.54, 1.807) is 19.1 Å². The molecule has 0 radical (unpaired) electrons. The van der Waals surface area contributed by atoms with Crippen LogP contribution in [0.5, 0.6) is 0 Å². The number of rotatable bonds is 5. The third kappa shape index (κ3) is 3.82. The van der Waals surface area contributed by atoms with Crippen molar-refractivity contribution in [1.82, 2.24) is 0 Å². The molecule has 1 amide bonds. The first-order valence-corrected chi connectivity index (χ1v) is 9.45. The quantitative estimate of drug-likeness (QED) is 0.886. The highest BCUT2D eigenvalue weighted by Gasteiger charge is 2.34. The van der Waals surface area contributed by atoms with Gasteiger partial charge in [-0.25, -0.2) is 12.8 Å². The van der Waals surface area contributed by atoms with E-state index >= 15 is 0 Å². The van der Waals surface area contributed by atoms with Crippen LogP contribution < -0.4 is 9.62 Å². The second-order valence-electron chi connectivity index (χ2n) is 6.20. The second-order valence-corrected chi connectivity index (χ2v) is 7.89. The Bertz CT molecular complexity index is 924. The largest absolute Gasteiger partial charge is 0.308 e. The lowest BCUT2D eigenvalue weighted by molar-refractivity contribution is -0.116. The van der Waals surface area contributed by atoms with Crippen LogP contribution in [-0.2, 0) is 14.8 Å². The van der Waals surface area contributed by atoms with Gasteiger partial charge in [-0.3, -0.25) is 9.52 Å². The number of anilines is 2. The van der Waals surface area contributed by atoms with Gasteiger partial charge in [-0.05, 0) is 49.6 Å². The van der Waals surface area contributed by atoms with E-state index < -0.39 is 15.8 Å². The number of carbonyl (C=O) groups is 1. The third-order valence-corrected chi connectivity index (χ3v) is 5.38. The molecular formula is C18H19FN2O3S. The van der Waals surface area contributed by atoms with Crippen LogP contribution in [0.4, 0.5) is 15.8 Å². The topological polar surface area (TPSA) is 66.5 Å². The molecule has 1 N–H and O–H groups in total. The summed E-state index contributed by atoms with van der Waals surface area (Å²) in [5.74, 6) is -0.782. The maximum atomic E-state index is 13.7. The molecular weight excluding hydrogens is 343 g/mol. The average molecular weight is 362 g/mol. The SMILES string of the molecule is CC(=O)N(c1ccc(F)cc1NS(=O)(=O)c1cccc(C)c1)C1CC1. The lowest BCUT2D eigenvalue weighted by atomic mass is 10.2. The molecule has 1 saturated carbocycles. The summed E-state index contributed by atoms with van der Waals surface area (Å²) in [5.41, 5.74) is 1.22. The van der Waals surface area contributed by atoms with Crippen molar-refractivity contribution >= 4 is 27.3 Å². The molecule has 0 aliphatic heterocycles. The van der Waals surface area contributed by atoms with Crippen molar-refractivity contribution in [3.8, 4) is 0 Å². The summed E-state index contributed by atoms with van der Waals surface area (Å²) in [6.45, 7) is 3.21. The van der Waals surface area contributed by atoms with Crippen molar-refractivity contribution in [3.05, 3.63) is 53.8 Å². The first-order valence-electron chi connectivity index (χ1n) is 7.97. The van der Waals surface area contributed by atoms with E-state index in [-0.39, 0.29) is 22.5 Å². The molecule has 3 rings (SSSR count). The molecule has 2 aromatic carbocycles.